The second-order valence-electron chi connectivity index (χ2n) is 6.07. The van der Waals surface area contributed by atoms with Crippen molar-refractivity contribution >= 4 is 38.6 Å². The highest BCUT2D eigenvalue weighted by Crippen LogP contribution is 2.35. The van der Waals surface area contributed by atoms with Gasteiger partial charge in [-0.25, -0.2) is 9.97 Å². The zero-order valence-corrected chi connectivity index (χ0v) is 17.3. The number of pyridine rings is 1. The van der Waals surface area contributed by atoms with E-state index in [1.165, 1.54) is 11.8 Å². The molecule has 0 saturated carbocycles. The van der Waals surface area contributed by atoms with E-state index in [-0.39, 0.29) is 0 Å². The van der Waals surface area contributed by atoms with E-state index in [1.807, 2.05) is 60.7 Å². The molecule has 0 N–H and O–H groups in total. The van der Waals surface area contributed by atoms with Crippen LogP contribution >= 0.6 is 27.7 Å². The lowest BCUT2D eigenvalue weighted by atomic mass is 10.2. The maximum atomic E-state index is 5.89. The lowest BCUT2D eigenvalue weighted by Crippen LogP contribution is -1.94. The molecule has 0 aliphatic rings. The van der Waals surface area contributed by atoms with Crippen LogP contribution in [0.2, 0.25) is 0 Å². The van der Waals surface area contributed by atoms with Gasteiger partial charge in [-0.15, -0.1) is 10.2 Å². The fraction of sp³-hybridized carbons (Fsp3) is 0. The molecule has 140 valence electrons. The van der Waals surface area contributed by atoms with E-state index in [0.717, 1.165) is 31.5 Å². The van der Waals surface area contributed by atoms with Crippen LogP contribution in [0.3, 0.4) is 0 Å². The number of hydrogen-bond donors (Lipinski definition) is 0. The fourth-order valence-corrected chi connectivity index (χ4v) is 4.06. The summed E-state index contributed by atoms with van der Waals surface area (Å²) in [5.41, 5.74) is 2.53. The SMILES string of the molecule is Brc1ccccc1-c1nnc(Sc2nc(-c3cccnc3)nc3ccccc23)o1. The molecule has 0 aliphatic heterocycles. The molecule has 0 atom stereocenters. The van der Waals surface area contributed by atoms with Crippen LogP contribution in [0.5, 0.6) is 0 Å². The third-order valence-electron chi connectivity index (χ3n) is 4.18. The first-order valence-corrected chi connectivity index (χ1v) is 10.3. The Hall–Kier alpha value is -3.10. The summed E-state index contributed by atoms with van der Waals surface area (Å²) in [7, 11) is 0. The molecule has 0 bridgehead atoms. The molecule has 0 unspecified atom stereocenters. The maximum Gasteiger partial charge on any atom is 0.283 e. The van der Waals surface area contributed by atoms with Crippen molar-refractivity contribution in [3.63, 3.8) is 0 Å². The van der Waals surface area contributed by atoms with Crippen molar-refractivity contribution in [1.29, 1.82) is 0 Å². The standard InChI is InChI=1S/C21H12BrN5OS/c22-16-9-3-1-7-14(16)19-26-27-21(28-19)29-20-15-8-2-4-10-17(15)24-18(25-20)13-6-5-11-23-12-13/h1-12H. The molecule has 0 saturated heterocycles. The Balaban J connectivity index is 1.56. The Morgan fingerprint density at radius 1 is 0.862 bits per heavy atom. The van der Waals surface area contributed by atoms with Gasteiger partial charge in [0.1, 0.15) is 5.03 Å². The van der Waals surface area contributed by atoms with Crippen LogP contribution in [-0.4, -0.2) is 25.1 Å². The minimum atomic E-state index is 0.414. The van der Waals surface area contributed by atoms with Gasteiger partial charge >= 0.3 is 0 Å². The molecule has 8 heteroatoms. The van der Waals surface area contributed by atoms with E-state index in [0.29, 0.717) is 16.9 Å². The molecular formula is C21H12BrN5OS. The topological polar surface area (TPSA) is 77.6 Å². The zero-order valence-electron chi connectivity index (χ0n) is 14.9. The third kappa shape index (κ3) is 3.64. The van der Waals surface area contributed by atoms with Gasteiger partial charge in [0.05, 0.1) is 11.1 Å². The molecular weight excluding hydrogens is 450 g/mol. The number of fused-ring (bicyclic) bond motifs is 1. The smallest absolute Gasteiger partial charge is 0.283 e. The van der Waals surface area contributed by atoms with Crippen molar-refractivity contribution in [3.05, 3.63) is 77.5 Å². The summed E-state index contributed by atoms with van der Waals surface area (Å²) in [6.45, 7) is 0. The summed E-state index contributed by atoms with van der Waals surface area (Å²) in [6.07, 6.45) is 3.47. The van der Waals surface area contributed by atoms with E-state index >= 15 is 0 Å². The van der Waals surface area contributed by atoms with E-state index < -0.39 is 0 Å². The van der Waals surface area contributed by atoms with Crippen LogP contribution < -0.4 is 0 Å². The fourth-order valence-electron chi connectivity index (χ4n) is 2.83. The van der Waals surface area contributed by atoms with Crippen molar-refractivity contribution < 1.29 is 4.42 Å². The summed E-state index contributed by atoms with van der Waals surface area (Å²) in [6, 6.07) is 19.4. The van der Waals surface area contributed by atoms with Gasteiger partial charge in [-0.05, 0) is 58.0 Å². The lowest BCUT2D eigenvalue weighted by molar-refractivity contribution is 0.465. The number of nitrogens with zero attached hydrogens (tertiary/aromatic N) is 5. The summed E-state index contributed by atoms with van der Waals surface area (Å²) in [5.74, 6) is 1.05. The molecule has 0 fully saturated rings. The second-order valence-corrected chi connectivity index (χ2v) is 7.86. The average molecular weight is 462 g/mol. The molecule has 3 aromatic heterocycles. The van der Waals surface area contributed by atoms with Crippen molar-refractivity contribution in [1.82, 2.24) is 25.1 Å². The van der Waals surface area contributed by atoms with Gasteiger partial charge < -0.3 is 4.42 Å². The van der Waals surface area contributed by atoms with Crippen LogP contribution in [0.25, 0.3) is 33.7 Å². The first kappa shape index (κ1) is 18.0. The Morgan fingerprint density at radius 2 is 1.72 bits per heavy atom. The molecule has 0 amide bonds. The zero-order chi connectivity index (χ0) is 19.6. The highest BCUT2D eigenvalue weighted by Gasteiger charge is 2.16. The number of hydrogen-bond acceptors (Lipinski definition) is 7. The summed E-state index contributed by atoms with van der Waals surface area (Å²) in [4.78, 5) is 13.6. The molecule has 5 rings (SSSR count). The number of benzene rings is 2. The van der Waals surface area contributed by atoms with Crippen LogP contribution in [0.1, 0.15) is 0 Å². The number of halogens is 1. The Labute approximate surface area is 178 Å². The van der Waals surface area contributed by atoms with Crippen molar-refractivity contribution in [3.8, 4) is 22.8 Å². The monoisotopic (exact) mass is 461 g/mol. The molecule has 29 heavy (non-hydrogen) atoms. The van der Waals surface area contributed by atoms with Gasteiger partial charge in [0.15, 0.2) is 5.82 Å². The molecule has 5 aromatic rings. The molecule has 6 nitrogen and oxygen atoms in total. The number of para-hydroxylation sites is 1. The maximum absolute atomic E-state index is 5.89. The van der Waals surface area contributed by atoms with Crippen LogP contribution in [0.4, 0.5) is 0 Å². The van der Waals surface area contributed by atoms with Crippen LogP contribution in [0, 0.1) is 0 Å². The van der Waals surface area contributed by atoms with Gasteiger partial charge in [0, 0.05) is 27.8 Å². The number of rotatable bonds is 4. The van der Waals surface area contributed by atoms with Crippen LogP contribution in [-0.2, 0) is 0 Å². The quantitative estimate of drug-likeness (QED) is 0.319. The Morgan fingerprint density at radius 3 is 2.59 bits per heavy atom. The summed E-state index contributed by atoms with van der Waals surface area (Å²) >= 11 is 4.84. The highest BCUT2D eigenvalue weighted by molar-refractivity contribution is 9.10. The molecule has 2 aromatic carbocycles. The van der Waals surface area contributed by atoms with Gasteiger partial charge in [0.2, 0.25) is 5.89 Å². The normalized spacial score (nSPS) is 11.1. The minimum Gasteiger partial charge on any atom is -0.411 e. The average Bonchev–Trinajstić information content (AvgIpc) is 3.23. The van der Waals surface area contributed by atoms with Gasteiger partial charge in [-0.2, -0.15) is 0 Å². The molecule has 3 heterocycles. The van der Waals surface area contributed by atoms with E-state index in [1.54, 1.807) is 12.4 Å². The molecule has 0 radical (unpaired) electrons. The first-order valence-electron chi connectivity index (χ1n) is 8.71. The highest BCUT2D eigenvalue weighted by atomic mass is 79.9. The van der Waals surface area contributed by atoms with Crippen molar-refractivity contribution in [2.75, 3.05) is 0 Å². The van der Waals surface area contributed by atoms with E-state index in [4.69, 9.17) is 9.40 Å². The van der Waals surface area contributed by atoms with E-state index in [9.17, 15) is 0 Å². The first-order chi connectivity index (χ1) is 14.3. The minimum absolute atomic E-state index is 0.414. The summed E-state index contributed by atoms with van der Waals surface area (Å²) < 4.78 is 6.78. The molecule has 0 aliphatic carbocycles. The predicted molar refractivity (Wildman–Crippen MR) is 114 cm³/mol. The lowest BCUT2D eigenvalue weighted by Gasteiger charge is -2.06. The summed E-state index contributed by atoms with van der Waals surface area (Å²) in [5, 5.41) is 10.5. The second kappa shape index (κ2) is 7.73. The van der Waals surface area contributed by atoms with Gasteiger partial charge in [-0.1, -0.05) is 30.3 Å². The largest absolute Gasteiger partial charge is 0.411 e. The Bertz CT molecular complexity index is 1310. The van der Waals surface area contributed by atoms with Crippen molar-refractivity contribution in [2.45, 2.75) is 10.2 Å². The van der Waals surface area contributed by atoms with Gasteiger partial charge in [-0.3, -0.25) is 4.98 Å². The predicted octanol–water partition coefficient (Wildman–Crippen LogP) is 5.66. The van der Waals surface area contributed by atoms with Crippen molar-refractivity contribution in [2.24, 2.45) is 0 Å². The van der Waals surface area contributed by atoms with E-state index in [2.05, 4.69) is 36.1 Å². The van der Waals surface area contributed by atoms with Gasteiger partial charge in [0.25, 0.3) is 5.22 Å². The third-order valence-corrected chi connectivity index (χ3v) is 5.72. The molecule has 0 spiro atoms. The number of aromatic nitrogens is 5. The van der Waals surface area contributed by atoms with Crippen LogP contribution in [0.15, 0.2) is 92.2 Å². The Kier molecular flexibility index (Phi) is 4.79.